The van der Waals surface area contributed by atoms with Gasteiger partial charge in [-0.25, -0.2) is 4.98 Å². The van der Waals surface area contributed by atoms with Crippen LogP contribution >= 0.6 is 0 Å². The fourth-order valence-corrected chi connectivity index (χ4v) is 2.03. The van der Waals surface area contributed by atoms with Crippen molar-refractivity contribution in [1.29, 1.82) is 0 Å². The van der Waals surface area contributed by atoms with Crippen molar-refractivity contribution in [2.24, 2.45) is 0 Å². The first-order chi connectivity index (χ1) is 9.70. The van der Waals surface area contributed by atoms with E-state index in [9.17, 15) is 4.79 Å². The fourth-order valence-electron chi connectivity index (χ4n) is 2.03. The Labute approximate surface area is 118 Å². The number of ether oxygens (including phenoxy) is 1. The van der Waals surface area contributed by atoms with Gasteiger partial charge in [0.05, 0.1) is 12.8 Å². The van der Waals surface area contributed by atoms with Crippen LogP contribution in [0.15, 0.2) is 34.7 Å². The zero-order chi connectivity index (χ0) is 14.4. The van der Waals surface area contributed by atoms with Crippen LogP contribution in [0, 0.1) is 6.92 Å². The zero-order valence-corrected chi connectivity index (χ0v) is 11.9. The van der Waals surface area contributed by atoms with E-state index in [0.29, 0.717) is 12.3 Å². The first-order valence-electron chi connectivity index (χ1n) is 6.79. The summed E-state index contributed by atoms with van der Waals surface area (Å²) in [5, 5.41) is 0. The van der Waals surface area contributed by atoms with Gasteiger partial charge in [0.1, 0.15) is 5.76 Å². The first-order valence-corrected chi connectivity index (χ1v) is 6.79. The van der Waals surface area contributed by atoms with Crippen molar-refractivity contribution in [3.05, 3.63) is 41.8 Å². The second-order valence-electron chi connectivity index (χ2n) is 4.67. The van der Waals surface area contributed by atoms with Crippen molar-refractivity contribution in [2.75, 3.05) is 7.11 Å². The average Bonchev–Trinajstić information content (AvgIpc) is 2.85. The standard InChI is InChI=1S/C16H19NO3/c1-12-14(10-6-7-11-15(18)19-2)17-16(20-12)13-8-4-3-5-9-13/h3-5,8-9H,6-7,10-11H2,1-2H3. The van der Waals surface area contributed by atoms with E-state index in [-0.39, 0.29) is 5.97 Å². The molecule has 0 unspecified atom stereocenters. The Bertz CT molecular complexity index is 560. The number of unbranched alkanes of at least 4 members (excludes halogenated alkanes) is 1. The molecule has 0 fully saturated rings. The lowest BCUT2D eigenvalue weighted by atomic mass is 10.1. The molecule has 0 bridgehead atoms. The highest BCUT2D eigenvalue weighted by Gasteiger charge is 2.11. The monoisotopic (exact) mass is 273 g/mol. The minimum absolute atomic E-state index is 0.160. The third-order valence-corrected chi connectivity index (χ3v) is 3.19. The molecular formula is C16H19NO3. The van der Waals surface area contributed by atoms with Crippen LogP contribution in [0.3, 0.4) is 0 Å². The summed E-state index contributed by atoms with van der Waals surface area (Å²) in [6.07, 6.45) is 2.98. The molecular weight excluding hydrogens is 254 g/mol. The topological polar surface area (TPSA) is 52.3 Å². The lowest BCUT2D eigenvalue weighted by molar-refractivity contribution is -0.140. The van der Waals surface area contributed by atoms with Gasteiger partial charge < -0.3 is 9.15 Å². The van der Waals surface area contributed by atoms with Crippen LogP contribution in [0.4, 0.5) is 0 Å². The molecule has 4 heteroatoms. The van der Waals surface area contributed by atoms with Crippen LogP contribution < -0.4 is 0 Å². The van der Waals surface area contributed by atoms with Gasteiger partial charge in [-0.15, -0.1) is 0 Å². The summed E-state index contributed by atoms with van der Waals surface area (Å²) in [6, 6.07) is 9.85. The van der Waals surface area contributed by atoms with Crippen molar-refractivity contribution in [2.45, 2.75) is 32.6 Å². The number of carbonyl (C=O) groups is 1. The number of methoxy groups -OCH3 is 1. The average molecular weight is 273 g/mol. The molecule has 0 saturated carbocycles. The maximum Gasteiger partial charge on any atom is 0.305 e. The van der Waals surface area contributed by atoms with Crippen LogP contribution in [-0.4, -0.2) is 18.1 Å². The molecule has 0 aliphatic heterocycles. The Morgan fingerprint density at radius 2 is 2.00 bits per heavy atom. The lowest BCUT2D eigenvalue weighted by Gasteiger charge is -1.98. The second-order valence-corrected chi connectivity index (χ2v) is 4.67. The van der Waals surface area contributed by atoms with E-state index in [4.69, 9.17) is 4.42 Å². The molecule has 0 amide bonds. The highest BCUT2D eigenvalue weighted by Crippen LogP contribution is 2.22. The Kier molecular flexibility index (Phi) is 4.93. The summed E-state index contributed by atoms with van der Waals surface area (Å²) in [7, 11) is 1.41. The minimum atomic E-state index is -0.160. The van der Waals surface area contributed by atoms with E-state index < -0.39 is 0 Å². The van der Waals surface area contributed by atoms with Gasteiger partial charge in [0, 0.05) is 12.0 Å². The SMILES string of the molecule is COC(=O)CCCCc1nc(-c2ccccc2)oc1C. The number of rotatable bonds is 6. The maximum absolute atomic E-state index is 11.0. The predicted octanol–water partition coefficient (Wildman–Crippen LogP) is 3.54. The van der Waals surface area contributed by atoms with Crippen LogP contribution in [0.2, 0.25) is 0 Å². The maximum atomic E-state index is 11.0. The highest BCUT2D eigenvalue weighted by molar-refractivity contribution is 5.68. The van der Waals surface area contributed by atoms with Gasteiger partial charge in [-0.1, -0.05) is 18.2 Å². The molecule has 2 rings (SSSR count). The van der Waals surface area contributed by atoms with Gasteiger partial charge in [-0.2, -0.15) is 0 Å². The van der Waals surface area contributed by atoms with E-state index in [2.05, 4.69) is 9.72 Å². The summed E-state index contributed by atoms with van der Waals surface area (Å²) < 4.78 is 10.3. The number of oxazole rings is 1. The van der Waals surface area contributed by atoms with E-state index in [1.54, 1.807) is 0 Å². The Balaban J connectivity index is 1.93. The zero-order valence-electron chi connectivity index (χ0n) is 11.9. The van der Waals surface area contributed by atoms with Gasteiger partial charge in [-0.05, 0) is 38.3 Å². The Morgan fingerprint density at radius 3 is 2.70 bits per heavy atom. The molecule has 1 aromatic carbocycles. The molecule has 1 aromatic heterocycles. The van der Waals surface area contributed by atoms with E-state index >= 15 is 0 Å². The number of aryl methyl sites for hydroxylation is 2. The van der Waals surface area contributed by atoms with E-state index in [1.807, 2.05) is 37.3 Å². The predicted molar refractivity (Wildman–Crippen MR) is 76.2 cm³/mol. The third kappa shape index (κ3) is 3.70. The summed E-state index contributed by atoms with van der Waals surface area (Å²) in [5.74, 6) is 1.35. The third-order valence-electron chi connectivity index (χ3n) is 3.19. The Morgan fingerprint density at radius 1 is 1.25 bits per heavy atom. The van der Waals surface area contributed by atoms with Gasteiger partial charge >= 0.3 is 5.97 Å². The number of hydrogen-bond donors (Lipinski definition) is 0. The van der Waals surface area contributed by atoms with E-state index in [1.165, 1.54) is 7.11 Å². The summed E-state index contributed by atoms with van der Waals surface area (Å²) >= 11 is 0. The normalized spacial score (nSPS) is 10.5. The molecule has 0 saturated heterocycles. The molecule has 20 heavy (non-hydrogen) atoms. The minimum Gasteiger partial charge on any atom is -0.469 e. The molecule has 0 radical (unpaired) electrons. The smallest absolute Gasteiger partial charge is 0.305 e. The molecule has 0 aliphatic rings. The highest BCUT2D eigenvalue weighted by atomic mass is 16.5. The van der Waals surface area contributed by atoms with Crippen molar-refractivity contribution < 1.29 is 13.9 Å². The molecule has 1 heterocycles. The largest absolute Gasteiger partial charge is 0.469 e. The number of esters is 1. The van der Waals surface area contributed by atoms with Gasteiger partial charge in [0.25, 0.3) is 0 Å². The molecule has 2 aromatic rings. The molecule has 0 N–H and O–H groups in total. The number of benzene rings is 1. The summed E-state index contributed by atoms with van der Waals surface area (Å²) in [6.45, 7) is 1.93. The van der Waals surface area contributed by atoms with Crippen molar-refractivity contribution in [1.82, 2.24) is 4.98 Å². The van der Waals surface area contributed by atoms with Gasteiger partial charge in [-0.3, -0.25) is 4.79 Å². The van der Waals surface area contributed by atoms with Crippen LogP contribution in [0.5, 0.6) is 0 Å². The molecule has 4 nitrogen and oxygen atoms in total. The second kappa shape index (κ2) is 6.89. The number of nitrogens with zero attached hydrogens (tertiary/aromatic N) is 1. The van der Waals surface area contributed by atoms with Gasteiger partial charge in [0.2, 0.25) is 5.89 Å². The molecule has 106 valence electrons. The first kappa shape index (κ1) is 14.3. The van der Waals surface area contributed by atoms with Crippen molar-refractivity contribution in [3.8, 4) is 11.5 Å². The van der Waals surface area contributed by atoms with Crippen molar-refractivity contribution >= 4 is 5.97 Å². The molecule has 0 spiro atoms. The summed E-state index contributed by atoms with van der Waals surface area (Å²) in [4.78, 5) is 15.6. The van der Waals surface area contributed by atoms with E-state index in [0.717, 1.165) is 36.3 Å². The molecule has 0 atom stereocenters. The Hall–Kier alpha value is -2.10. The molecule has 0 aliphatic carbocycles. The number of aromatic nitrogens is 1. The van der Waals surface area contributed by atoms with Crippen LogP contribution in [0.25, 0.3) is 11.5 Å². The van der Waals surface area contributed by atoms with Crippen molar-refractivity contribution in [3.63, 3.8) is 0 Å². The van der Waals surface area contributed by atoms with Crippen LogP contribution in [-0.2, 0) is 16.0 Å². The quantitative estimate of drug-likeness (QED) is 0.596. The lowest BCUT2D eigenvalue weighted by Crippen LogP contribution is -2.00. The fraction of sp³-hybridized carbons (Fsp3) is 0.375. The number of hydrogen-bond acceptors (Lipinski definition) is 4. The number of carbonyl (C=O) groups excluding carboxylic acids is 1. The summed E-state index contributed by atoms with van der Waals surface area (Å²) in [5.41, 5.74) is 1.95. The van der Waals surface area contributed by atoms with Gasteiger partial charge in [0.15, 0.2) is 0 Å². The van der Waals surface area contributed by atoms with Crippen LogP contribution in [0.1, 0.15) is 30.7 Å².